The monoisotopic (exact) mass is 266 g/mol. The molecule has 1 saturated carbocycles. The van der Waals surface area contributed by atoms with Crippen molar-refractivity contribution < 1.29 is 14.7 Å². The van der Waals surface area contributed by atoms with Crippen LogP contribution in [-0.4, -0.2) is 39.2 Å². The fourth-order valence-electron chi connectivity index (χ4n) is 1.94. The Kier molecular flexibility index (Phi) is 4.03. The zero-order valence-corrected chi connectivity index (χ0v) is 10.7. The van der Waals surface area contributed by atoms with Crippen LogP contribution >= 0.6 is 0 Å². The SMILES string of the molecule is CC(NC(=O)NC(Cc1cnc[nH]1)C(=O)O)C1CC1. The van der Waals surface area contributed by atoms with Crippen LogP contribution in [0.1, 0.15) is 25.5 Å². The Morgan fingerprint density at radius 3 is 2.79 bits per heavy atom. The van der Waals surface area contributed by atoms with E-state index in [1.165, 1.54) is 6.33 Å². The van der Waals surface area contributed by atoms with Crippen molar-refractivity contribution in [3.8, 4) is 0 Å². The third-order valence-electron chi connectivity index (χ3n) is 3.27. The molecule has 1 aliphatic carbocycles. The zero-order valence-electron chi connectivity index (χ0n) is 10.7. The van der Waals surface area contributed by atoms with Gasteiger partial charge in [-0.15, -0.1) is 0 Å². The highest BCUT2D eigenvalue weighted by atomic mass is 16.4. The van der Waals surface area contributed by atoms with Crippen molar-refractivity contribution >= 4 is 12.0 Å². The van der Waals surface area contributed by atoms with Crippen LogP contribution in [-0.2, 0) is 11.2 Å². The van der Waals surface area contributed by atoms with Crippen LogP contribution in [0.15, 0.2) is 12.5 Å². The first-order valence-corrected chi connectivity index (χ1v) is 6.33. The molecule has 2 atom stereocenters. The second-order valence-corrected chi connectivity index (χ2v) is 4.92. The second-order valence-electron chi connectivity index (χ2n) is 4.92. The topological polar surface area (TPSA) is 107 Å². The molecule has 7 nitrogen and oxygen atoms in total. The van der Waals surface area contributed by atoms with Gasteiger partial charge in [0.05, 0.1) is 6.33 Å². The minimum Gasteiger partial charge on any atom is -0.480 e. The Morgan fingerprint density at radius 2 is 2.26 bits per heavy atom. The molecule has 0 bridgehead atoms. The minimum absolute atomic E-state index is 0.0848. The average Bonchev–Trinajstić information content (AvgIpc) is 3.07. The van der Waals surface area contributed by atoms with Gasteiger partial charge in [0.2, 0.25) is 0 Å². The molecule has 1 heterocycles. The van der Waals surface area contributed by atoms with E-state index in [9.17, 15) is 9.59 Å². The van der Waals surface area contributed by atoms with E-state index in [-0.39, 0.29) is 12.5 Å². The lowest BCUT2D eigenvalue weighted by molar-refractivity contribution is -0.139. The molecular formula is C12H18N4O3. The number of hydrogen-bond acceptors (Lipinski definition) is 3. The van der Waals surface area contributed by atoms with E-state index in [1.807, 2.05) is 6.92 Å². The lowest BCUT2D eigenvalue weighted by atomic mass is 10.1. The van der Waals surface area contributed by atoms with E-state index in [0.717, 1.165) is 12.8 Å². The molecule has 1 aromatic heterocycles. The van der Waals surface area contributed by atoms with Crippen molar-refractivity contribution in [3.05, 3.63) is 18.2 Å². The number of hydrogen-bond donors (Lipinski definition) is 4. The van der Waals surface area contributed by atoms with Crippen LogP contribution in [0.2, 0.25) is 0 Å². The molecule has 1 aliphatic rings. The molecule has 0 spiro atoms. The number of carboxylic acids is 1. The number of carbonyl (C=O) groups is 2. The molecule has 0 aromatic carbocycles. The van der Waals surface area contributed by atoms with E-state index in [0.29, 0.717) is 11.6 Å². The van der Waals surface area contributed by atoms with Crippen molar-refractivity contribution in [1.29, 1.82) is 0 Å². The van der Waals surface area contributed by atoms with Gasteiger partial charge < -0.3 is 20.7 Å². The summed E-state index contributed by atoms with van der Waals surface area (Å²) in [6.45, 7) is 1.93. The Morgan fingerprint density at radius 1 is 1.53 bits per heavy atom. The van der Waals surface area contributed by atoms with Gasteiger partial charge in [-0.3, -0.25) is 0 Å². The van der Waals surface area contributed by atoms with E-state index in [2.05, 4.69) is 20.6 Å². The van der Waals surface area contributed by atoms with Gasteiger partial charge in [0, 0.05) is 24.4 Å². The Labute approximate surface area is 110 Å². The maximum Gasteiger partial charge on any atom is 0.326 e. The number of aromatic amines is 1. The van der Waals surface area contributed by atoms with Gasteiger partial charge in [-0.1, -0.05) is 0 Å². The number of imidazole rings is 1. The Bertz CT molecular complexity index is 442. The summed E-state index contributed by atoms with van der Waals surface area (Å²) in [6, 6.07) is -1.32. The number of urea groups is 1. The van der Waals surface area contributed by atoms with E-state index in [1.54, 1.807) is 6.20 Å². The highest BCUT2D eigenvalue weighted by molar-refractivity contribution is 5.82. The highest BCUT2D eigenvalue weighted by Gasteiger charge is 2.30. The van der Waals surface area contributed by atoms with Gasteiger partial charge in [-0.2, -0.15) is 0 Å². The molecule has 19 heavy (non-hydrogen) atoms. The molecule has 2 unspecified atom stereocenters. The maximum atomic E-state index is 11.7. The molecule has 7 heteroatoms. The van der Waals surface area contributed by atoms with E-state index >= 15 is 0 Å². The number of nitrogens with zero attached hydrogens (tertiary/aromatic N) is 1. The minimum atomic E-state index is -1.07. The molecule has 2 rings (SSSR count). The summed E-state index contributed by atoms with van der Waals surface area (Å²) < 4.78 is 0. The molecular weight excluding hydrogens is 248 g/mol. The summed E-state index contributed by atoms with van der Waals surface area (Å²) in [4.78, 5) is 29.5. The van der Waals surface area contributed by atoms with Crippen LogP contribution in [0.3, 0.4) is 0 Å². The number of nitrogens with one attached hydrogen (secondary N) is 3. The van der Waals surface area contributed by atoms with Crippen LogP contribution < -0.4 is 10.6 Å². The predicted molar refractivity (Wildman–Crippen MR) is 67.6 cm³/mol. The molecule has 1 aromatic rings. The quantitative estimate of drug-likeness (QED) is 0.601. The Hall–Kier alpha value is -2.05. The Balaban J connectivity index is 1.85. The molecule has 0 saturated heterocycles. The number of H-pyrrole nitrogens is 1. The maximum absolute atomic E-state index is 11.7. The normalized spacial score (nSPS) is 17.5. The molecule has 0 radical (unpaired) electrons. The number of aromatic nitrogens is 2. The van der Waals surface area contributed by atoms with Crippen LogP contribution in [0.25, 0.3) is 0 Å². The first-order chi connectivity index (χ1) is 9.06. The zero-order chi connectivity index (χ0) is 13.8. The largest absolute Gasteiger partial charge is 0.480 e. The smallest absolute Gasteiger partial charge is 0.326 e. The third kappa shape index (κ3) is 3.97. The summed E-state index contributed by atoms with van der Waals surface area (Å²) in [5.41, 5.74) is 0.669. The first-order valence-electron chi connectivity index (χ1n) is 6.33. The number of rotatable bonds is 6. The van der Waals surface area contributed by atoms with Crippen molar-refractivity contribution in [2.75, 3.05) is 0 Å². The summed E-state index contributed by atoms with van der Waals surface area (Å²) >= 11 is 0. The number of carbonyl (C=O) groups excluding carboxylic acids is 1. The fraction of sp³-hybridized carbons (Fsp3) is 0.583. The van der Waals surface area contributed by atoms with Gasteiger partial charge in [0.1, 0.15) is 6.04 Å². The number of amides is 2. The van der Waals surface area contributed by atoms with Crippen molar-refractivity contribution in [2.45, 2.75) is 38.3 Å². The summed E-state index contributed by atoms with van der Waals surface area (Å²) in [6.07, 6.45) is 5.45. The molecule has 0 aliphatic heterocycles. The summed E-state index contributed by atoms with van der Waals surface area (Å²) in [7, 11) is 0. The molecule has 2 amide bonds. The van der Waals surface area contributed by atoms with Gasteiger partial charge in [-0.05, 0) is 25.7 Å². The van der Waals surface area contributed by atoms with Gasteiger partial charge >= 0.3 is 12.0 Å². The van der Waals surface area contributed by atoms with Crippen LogP contribution in [0, 0.1) is 5.92 Å². The van der Waals surface area contributed by atoms with E-state index < -0.39 is 18.0 Å². The molecule has 4 N–H and O–H groups in total. The molecule has 1 fully saturated rings. The van der Waals surface area contributed by atoms with Gasteiger partial charge in [0.15, 0.2) is 0 Å². The van der Waals surface area contributed by atoms with Gasteiger partial charge in [0.25, 0.3) is 0 Å². The van der Waals surface area contributed by atoms with Crippen LogP contribution in [0.4, 0.5) is 4.79 Å². The third-order valence-corrected chi connectivity index (χ3v) is 3.27. The number of aliphatic carboxylic acids is 1. The summed E-state index contributed by atoms with van der Waals surface area (Å²) in [5.74, 6) is -0.537. The van der Waals surface area contributed by atoms with Crippen molar-refractivity contribution in [1.82, 2.24) is 20.6 Å². The lowest BCUT2D eigenvalue weighted by Gasteiger charge is -2.17. The summed E-state index contributed by atoms with van der Waals surface area (Å²) in [5, 5.41) is 14.3. The van der Waals surface area contributed by atoms with Crippen LogP contribution in [0.5, 0.6) is 0 Å². The predicted octanol–water partition coefficient (Wildman–Crippen LogP) is 0.503. The molecule has 104 valence electrons. The van der Waals surface area contributed by atoms with Crippen molar-refractivity contribution in [2.24, 2.45) is 5.92 Å². The average molecular weight is 266 g/mol. The van der Waals surface area contributed by atoms with Crippen molar-refractivity contribution in [3.63, 3.8) is 0 Å². The van der Waals surface area contributed by atoms with Gasteiger partial charge in [-0.25, -0.2) is 14.6 Å². The lowest BCUT2D eigenvalue weighted by Crippen LogP contribution is -2.49. The second kappa shape index (κ2) is 5.73. The standard InChI is InChI=1S/C12H18N4O3/c1-7(8-2-3-8)15-12(19)16-10(11(17)18)4-9-5-13-6-14-9/h5-8,10H,2-4H2,1H3,(H,13,14)(H,17,18)(H2,15,16,19). The van der Waals surface area contributed by atoms with E-state index in [4.69, 9.17) is 5.11 Å². The number of carboxylic acid groups (broad SMARTS) is 1. The highest BCUT2D eigenvalue weighted by Crippen LogP contribution is 2.32. The fourth-order valence-corrected chi connectivity index (χ4v) is 1.94. The first kappa shape index (κ1) is 13.4.